The van der Waals surface area contributed by atoms with E-state index in [9.17, 15) is 0 Å². The predicted octanol–water partition coefficient (Wildman–Crippen LogP) is 4.39. The van der Waals surface area contributed by atoms with E-state index in [4.69, 9.17) is 16.3 Å². The van der Waals surface area contributed by atoms with Gasteiger partial charge in [-0.1, -0.05) is 38.4 Å². The smallest absolute Gasteiger partial charge is 0.140 e. The molecular weight excluding hydrogens is 304 g/mol. The topological polar surface area (TPSA) is 34.1 Å². The van der Waals surface area contributed by atoms with Crippen LogP contribution in [0.4, 0.5) is 0 Å². The van der Waals surface area contributed by atoms with Gasteiger partial charge in [-0.05, 0) is 19.2 Å². The fourth-order valence-electron chi connectivity index (χ4n) is 1.88. The molecule has 1 aromatic heterocycles. The molecule has 0 spiro atoms. The third-order valence-corrected chi connectivity index (χ3v) is 4.28. The first-order valence-corrected chi connectivity index (χ1v) is 8.17. The van der Waals surface area contributed by atoms with Crippen LogP contribution in [0, 0.1) is 0 Å². The summed E-state index contributed by atoms with van der Waals surface area (Å²) in [6, 6.07) is 5.72. The maximum Gasteiger partial charge on any atom is 0.140 e. The number of hydrogen-bond acceptors (Lipinski definition) is 4. The summed E-state index contributed by atoms with van der Waals surface area (Å²) in [6.45, 7) is 7.63. The number of hydrogen-bond donors (Lipinski definition) is 1. The minimum atomic E-state index is 0.0715. The molecule has 0 fully saturated rings. The van der Waals surface area contributed by atoms with Gasteiger partial charge in [0.15, 0.2) is 0 Å². The molecule has 5 heteroatoms. The van der Waals surface area contributed by atoms with E-state index in [1.807, 2.05) is 25.2 Å². The lowest BCUT2D eigenvalue weighted by molar-refractivity contribution is 0.301. The molecule has 0 aliphatic heterocycles. The molecule has 1 aromatic carbocycles. The van der Waals surface area contributed by atoms with Crippen molar-refractivity contribution in [2.45, 2.75) is 39.3 Å². The lowest BCUT2D eigenvalue weighted by Crippen LogP contribution is -2.12. The predicted molar refractivity (Wildman–Crippen MR) is 89.4 cm³/mol. The molecule has 0 atom stereocenters. The molecule has 1 N–H and O–H groups in total. The zero-order valence-corrected chi connectivity index (χ0v) is 14.4. The Labute approximate surface area is 135 Å². The van der Waals surface area contributed by atoms with Crippen LogP contribution in [0.25, 0.3) is 0 Å². The van der Waals surface area contributed by atoms with Crippen LogP contribution < -0.4 is 10.1 Å². The molecule has 2 rings (SSSR count). The Morgan fingerprint density at radius 3 is 2.71 bits per heavy atom. The van der Waals surface area contributed by atoms with Crippen LogP contribution in [0.15, 0.2) is 23.6 Å². The van der Waals surface area contributed by atoms with Crippen molar-refractivity contribution >= 4 is 22.9 Å². The van der Waals surface area contributed by atoms with Crippen molar-refractivity contribution in [2.24, 2.45) is 0 Å². The van der Waals surface area contributed by atoms with Gasteiger partial charge in [-0.25, -0.2) is 4.98 Å². The lowest BCUT2D eigenvalue weighted by atomic mass is 9.93. The number of nitrogens with one attached hydrogen (secondary N) is 1. The summed E-state index contributed by atoms with van der Waals surface area (Å²) in [7, 11) is 1.89. The Morgan fingerprint density at radius 1 is 1.33 bits per heavy atom. The van der Waals surface area contributed by atoms with Gasteiger partial charge in [0.05, 0.1) is 5.69 Å². The molecule has 0 aliphatic carbocycles. The van der Waals surface area contributed by atoms with E-state index >= 15 is 0 Å². The van der Waals surface area contributed by atoms with Crippen molar-refractivity contribution < 1.29 is 4.74 Å². The number of nitrogens with zero attached hydrogens (tertiary/aromatic N) is 1. The summed E-state index contributed by atoms with van der Waals surface area (Å²) in [5.74, 6) is 0.810. The quantitative estimate of drug-likeness (QED) is 0.885. The monoisotopic (exact) mass is 324 g/mol. The van der Waals surface area contributed by atoms with Gasteiger partial charge in [-0.3, -0.25) is 0 Å². The number of benzene rings is 1. The number of thiazole rings is 1. The summed E-state index contributed by atoms with van der Waals surface area (Å²) in [4.78, 5) is 4.64. The van der Waals surface area contributed by atoms with Crippen molar-refractivity contribution in [3.05, 3.63) is 44.9 Å². The van der Waals surface area contributed by atoms with Crippen molar-refractivity contribution in [2.75, 3.05) is 7.05 Å². The van der Waals surface area contributed by atoms with Gasteiger partial charge < -0.3 is 10.1 Å². The molecule has 0 saturated carbocycles. The Morgan fingerprint density at radius 2 is 2.10 bits per heavy atom. The van der Waals surface area contributed by atoms with Crippen LogP contribution in [0.2, 0.25) is 5.02 Å². The Hall–Kier alpha value is -1.10. The van der Waals surface area contributed by atoms with Crippen LogP contribution in [-0.4, -0.2) is 12.0 Å². The third kappa shape index (κ3) is 4.19. The fourth-order valence-corrected chi connectivity index (χ4v) is 3.05. The standard InChI is InChI=1S/C16H21ClN2OS/c1-16(2,3)14-10-21-15(19-14)9-20-13-7-5-6-12(17)11(13)8-18-4/h5-7,10,18H,8-9H2,1-4H3. The Kier molecular flexibility index (Phi) is 5.25. The molecule has 2 aromatic rings. The van der Waals surface area contributed by atoms with E-state index in [0.717, 1.165) is 27.0 Å². The van der Waals surface area contributed by atoms with E-state index in [1.54, 1.807) is 11.3 Å². The number of aromatic nitrogens is 1. The first-order valence-electron chi connectivity index (χ1n) is 6.91. The number of halogens is 1. The maximum atomic E-state index is 6.22. The van der Waals surface area contributed by atoms with E-state index in [1.165, 1.54) is 0 Å². The van der Waals surface area contributed by atoms with Gasteiger partial charge in [0.1, 0.15) is 17.4 Å². The van der Waals surface area contributed by atoms with E-state index in [2.05, 4.69) is 36.5 Å². The number of rotatable bonds is 5. The van der Waals surface area contributed by atoms with Crippen LogP contribution >= 0.6 is 22.9 Å². The third-order valence-electron chi connectivity index (χ3n) is 3.10. The zero-order valence-electron chi connectivity index (χ0n) is 12.9. The second-order valence-electron chi connectivity index (χ2n) is 5.91. The van der Waals surface area contributed by atoms with Gasteiger partial charge in [-0.15, -0.1) is 11.3 Å². The summed E-state index contributed by atoms with van der Waals surface area (Å²) >= 11 is 7.86. The lowest BCUT2D eigenvalue weighted by Gasteiger charge is -2.14. The normalized spacial score (nSPS) is 11.7. The first-order chi connectivity index (χ1) is 9.91. The van der Waals surface area contributed by atoms with Crippen LogP contribution in [-0.2, 0) is 18.6 Å². The Bertz CT molecular complexity index is 605. The highest BCUT2D eigenvalue weighted by molar-refractivity contribution is 7.09. The van der Waals surface area contributed by atoms with Gasteiger partial charge in [0, 0.05) is 27.9 Å². The van der Waals surface area contributed by atoms with E-state index < -0.39 is 0 Å². The van der Waals surface area contributed by atoms with E-state index in [0.29, 0.717) is 13.2 Å². The molecule has 114 valence electrons. The zero-order chi connectivity index (χ0) is 15.5. The molecular formula is C16H21ClN2OS. The highest BCUT2D eigenvalue weighted by Crippen LogP contribution is 2.28. The van der Waals surface area contributed by atoms with Crippen LogP contribution in [0.3, 0.4) is 0 Å². The molecule has 0 radical (unpaired) electrons. The summed E-state index contributed by atoms with van der Waals surface area (Å²) in [6.07, 6.45) is 0. The van der Waals surface area contributed by atoms with Gasteiger partial charge in [0.2, 0.25) is 0 Å². The summed E-state index contributed by atoms with van der Waals surface area (Å²) in [5.41, 5.74) is 2.16. The second-order valence-corrected chi connectivity index (χ2v) is 7.26. The molecule has 21 heavy (non-hydrogen) atoms. The van der Waals surface area contributed by atoms with Gasteiger partial charge in [-0.2, -0.15) is 0 Å². The molecule has 0 saturated heterocycles. The number of ether oxygens (including phenoxy) is 1. The van der Waals surface area contributed by atoms with Crippen molar-refractivity contribution in [3.63, 3.8) is 0 Å². The Balaban J connectivity index is 2.10. The highest BCUT2D eigenvalue weighted by Gasteiger charge is 2.17. The van der Waals surface area contributed by atoms with Gasteiger partial charge in [0.25, 0.3) is 0 Å². The van der Waals surface area contributed by atoms with Crippen molar-refractivity contribution in [1.82, 2.24) is 10.3 Å². The summed E-state index contributed by atoms with van der Waals surface area (Å²) in [5, 5.41) is 6.91. The molecule has 0 amide bonds. The SMILES string of the molecule is CNCc1c(Cl)cccc1OCc1nc(C(C)(C)C)cs1. The van der Waals surface area contributed by atoms with Crippen molar-refractivity contribution in [1.29, 1.82) is 0 Å². The van der Waals surface area contributed by atoms with Crippen LogP contribution in [0.1, 0.15) is 37.0 Å². The van der Waals surface area contributed by atoms with Gasteiger partial charge >= 0.3 is 0 Å². The minimum absolute atomic E-state index is 0.0715. The average molecular weight is 325 g/mol. The van der Waals surface area contributed by atoms with E-state index in [-0.39, 0.29) is 5.41 Å². The molecule has 3 nitrogen and oxygen atoms in total. The molecule has 1 heterocycles. The minimum Gasteiger partial charge on any atom is -0.486 e. The first kappa shape index (κ1) is 16.3. The molecule has 0 bridgehead atoms. The molecule has 0 unspecified atom stereocenters. The second kappa shape index (κ2) is 6.77. The van der Waals surface area contributed by atoms with Crippen molar-refractivity contribution in [3.8, 4) is 5.75 Å². The summed E-state index contributed by atoms with van der Waals surface area (Å²) < 4.78 is 5.91. The van der Waals surface area contributed by atoms with Crippen LogP contribution in [0.5, 0.6) is 5.75 Å². The maximum absolute atomic E-state index is 6.22. The highest BCUT2D eigenvalue weighted by atomic mass is 35.5. The average Bonchev–Trinajstić information content (AvgIpc) is 2.88. The fraction of sp³-hybridized carbons (Fsp3) is 0.438. The largest absolute Gasteiger partial charge is 0.486 e. The molecule has 0 aliphatic rings.